The number of carboxylic acids is 3. The van der Waals surface area contributed by atoms with Gasteiger partial charge in [-0.15, -0.1) is 0 Å². The highest BCUT2D eigenvalue weighted by atomic mass is 19.4. The van der Waals surface area contributed by atoms with E-state index in [0.717, 1.165) is 0 Å². The van der Waals surface area contributed by atoms with Gasteiger partial charge in [0.05, 0.1) is 17.4 Å². The standard InChI is InChI=1S/C18H21N3O6.C2HF3O2/c1-11(22)20(2)13-5-3-12(4-6-13)19-14(23)7-21-9-17(15(24)25)8-18(17,10-21)16(26)27;3-2(4,5)1(6)7/h3-6H,7-10H2,1-2H3,(H,19,23)(H,24,25)(H,26,27);(H,6,7)/t17-,18+;. The highest BCUT2D eigenvalue weighted by molar-refractivity contribution is 5.96. The van der Waals surface area contributed by atoms with E-state index in [2.05, 4.69) is 5.32 Å². The van der Waals surface area contributed by atoms with Crippen molar-refractivity contribution in [1.29, 1.82) is 0 Å². The molecule has 2 fully saturated rings. The topological polar surface area (TPSA) is 165 Å². The van der Waals surface area contributed by atoms with Crippen LogP contribution in [0, 0.1) is 10.8 Å². The molecule has 186 valence electrons. The maximum atomic E-state index is 12.3. The number of aliphatic carboxylic acids is 3. The summed E-state index contributed by atoms with van der Waals surface area (Å²) < 4.78 is 31.7. The molecule has 34 heavy (non-hydrogen) atoms. The summed E-state index contributed by atoms with van der Waals surface area (Å²) in [5.41, 5.74) is -1.37. The van der Waals surface area contributed by atoms with Gasteiger partial charge in [-0.1, -0.05) is 0 Å². The lowest BCUT2D eigenvalue weighted by Gasteiger charge is -2.19. The van der Waals surface area contributed by atoms with E-state index in [4.69, 9.17) is 9.90 Å². The van der Waals surface area contributed by atoms with Gasteiger partial charge in [0.2, 0.25) is 11.8 Å². The third-order valence-electron chi connectivity index (χ3n) is 5.82. The molecule has 0 aromatic heterocycles. The predicted molar refractivity (Wildman–Crippen MR) is 109 cm³/mol. The van der Waals surface area contributed by atoms with Gasteiger partial charge in [-0.25, -0.2) is 4.79 Å². The fourth-order valence-corrected chi connectivity index (χ4v) is 3.87. The maximum Gasteiger partial charge on any atom is 0.490 e. The number of anilines is 2. The van der Waals surface area contributed by atoms with Gasteiger partial charge in [0.25, 0.3) is 0 Å². The van der Waals surface area contributed by atoms with Crippen molar-refractivity contribution in [3.8, 4) is 0 Å². The molecule has 1 saturated heterocycles. The summed E-state index contributed by atoms with van der Waals surface area (Å²) in [6.07, 6.45) is -4.98. The van der Waals surface area contributed by atoms with Crippen molar-refractivity contribution in [2.75, 3.05) is 36.9 Å². The summed E-state index contributed by atoms with van der Waals surface area (Å²) in [6, 6.07) is 6.71. The van der Waals surface area contributed by atoms with Crippen LogP contribution in [0.25, 0.3) is 0 Å². The molecule has 1 aromatic rings. The number of likely N-dealkylation sites (tertiary alicyclic amines) is 1. The molecule has 14 heteroatoms. The average Bonchev–Trinajstić information content (AvgIpc) is 3.26. The number of nitrogens with zero attached hydrogens (tertiary/aromatic N) is 2. The van der Waals surface area contributed by atoms with Crippen molar-refractivity contribution in [3.63, 3.8) is 0 Å². The van der Waals surface area contributed by atoms with E-state index in [-0.39, 0.29) is 37.9 Å². The Labute approximate surface area is 190 Å². The molecule has 11 nitrogen and oxygen atoms in total. The van der Waals surface area contributed by atoms with Crippen LogP contribution in [0.5, 0.6) is 0 Å². The first-order valence-corrected chi connectivity index (χ1v) is 9.69. The SMILES string of the molecule is CC(=O)N(C)c1ccc(NC(=O)CN2C[C@@]3(C(=O)O)C[C@@]3(C(=O)O)C2)cc1.O=C(O)C(F)(F)F. The average molecular weight is 489 g/mol. The number of hydrogen-bond donors (Lipinski definition) is 4. The summed E-state index contributed by atoms with van der Waals surface area (Å²) in [7, 11) is 1.64. The summed E-state index contributed by atoms with van der Waals surface area (Å²) in [5.74, 6) is -5.48. The van der Waals surface area contributed by atoms with E-state index in [9.17, 15) is 42.6 Å². The Bertz CT molecular complexity index is 985. The molecule has 4 N–H and O–H groups in total. The van der Waals surface area contributed by atoms with E-state index < -0.39 is 34.9 Å². The quantitative estimate of drug-likeness (QED) is 0.458. The third kappa shape index (κ3) is 5.27. The van der Waals surface area contributed by atoms with Crippen molar-refractivity contribution in [2.45, 2.75) is 19.5 Å². The Balaban J connectivity index is 0.000000509. The predicted octanol–water partition coefficient (Wildman–Crippen LogP) is 1.10. The Kier molecular flexibility index (Phi) is 7.26. The fourth-order valence-electron chi connectivity index (χ4n) is 3.87. The van der Waals surface area contributed by atoms with Gasteiger partial charge in [0, 0.05) is 38.4 Å². The molecule has 2 amide bonds. The monoisotopic (exact) mass is 489 g/mol. The second kappa shape index (κ2) is 9.29. The molecule has 1 aliphatic carbocycles. The van der Waals surface area contributed by atoms with Gasteiger partial charge < -0.3 is 25.5 Å². The molecule has 1 saturated carbocycles. The number of amides is 2. The van der Waals surface area contributed by atoms with Gasteiger partial charge in [0.15, 0.2) is 0 Å². The second-order valence-electron chi connectivity index (χ2n) is 8.07. The van der Waals surface area contributed by atoms with Crippen LogP contribution in [0.2, 0.25) is 0 Å². The van der Waals surface area contributed by atoms with Crippen LogP contribution < -0.4 is 10.2 Å². The number of carbonyl (C=O) groups excluding carboxylic acids is 2. The molecule has 2 atom stereocenters. The van der Waals surface area contributed by atoms with Gasteiger partial charge in [0.1, 0.15) is 0 Å². The first kappa shape index (κ1) is 26.6. The smallest absolute Gasteiger partial charge is 0.481 e. The van der Waals surface area contributed by atoms with Crippen LogP contribution in [0.1, 0.15) is 13.3 Å². The summed E-state index contributed by atoms with van der Waals surface area (Å²) >= 11 is 0. The lowest BCUT2D eigenvalue weighted by molar-refractivity contribution is -0.192. The lowest BCUT2D eigenvalue weighted by Crippen LogP contribution is -2.35. The van der Waals surface area contributed by atoms with Crippen molar-refractivity contribution in [1.82, 2.24) is 4.90 Å². The molecular weight excluding hydrogens is 467 g/mol. The molecule has 0 unspecified atom stereocenters. The van der Waals surface area contributed by atoms with Crippen molar-refractivity contribution < 1.29 is 52.5 Å². The van der Waals surface area contributed by atoms with Crippen LogP contribution in [0.4, 0.5) is 24.5 Å². The summed E-state index contributed by atoms with van der Waals surface area (Å²) in [6.45, 7) is 1.46. The van der Waals surface area contributed by atoms with Gasteiger partial charge >= 0.3 is 24.1 Å². The number of fused-ring (bicyclic) bond motifs is 1. The number of carbonyl (C=O) groups is 5. The highest BCUT2D eigenvalue weighted by Gasteiger charge is 2.80. The Morgan fingerprint density at radius 2 is 1.44 bits per heavy atom. The number of halogens is 3. The maximum absolute atomic E-state index is 12.3. The molecule has 0 radical (unpaired) electrons. The van der Waals surface area contributed by atoms with Crippen LogP contribution in [0.3, 0.4) is 0 Å². The van der Waals surface area contributed by atoms with Crippen LogP contribution in [0.15, 0.2) is 24.3 Å². The Morgan fingerprint density at radius 3 is 1.79 bits per heavy atom. The van der Waals surface area contributed by atoms with Crippen LogP contribution >= 0.6 is 0 Å². The van der Waals surface area contributed by atoms with Crippen LogP contribution in [-0.4, -0.2) is 82.8 Å². The van der Waals surface area contributed by atoms with E-state index >= 15 is 0 Å². The molecule has 1 aromatic carbocycles. The molecule has 2 aliphatic rings. The Hall–Kier alpha value is -3.68. The third-order valence-corrected chi connectivity index (χ3v) is 5.82. The first-order chi connectivity index (χ1) is 15.6. The Morgan fingerprint density at radius 1 is 1.00 bits per heavy atom. The number of hydrogen-bond acceptors (Lipinski definition) is 6. The highest BCUT2D eigenvalue weighted by Crippen LogP contribution is 2.68. The zero-order chi connectivity index (χ0) is 26.1. The normalized spacial score (nSPS) is 23.1. The molecular formula is C20H22F3N3O8. The van der Waals surface area contributed by atoms with E-state index in [0.29, 0.717) is 11.4 Å². The van der Waals surface area contributed by atoms with Crippen molar-refractivity contribution in [2.24, 2.45) is 10.8 Å². The minimum atomic E-state index is -5.08. The van der Waals surface area contributed by atoms with Crippen molar-refractivity contribution in [3.05, 3.63) is 24.3 Å². The van der Waals surface area contributed by atoms with E-state index in [1.807, 2.05) is 0 Å². The number of nitrogens with one attached hydrogen (secondary N) is 1. The van der Waals surface area contributed by atoms with Gasteiger partial charge in [-0.05, 0) is 30.7 Å². The number of benzene rings is 1. The zero-order valence-electron chi connectivity index (χ0n) is 18.0. The van der Waals surface area contributed by atoms with E-state index in [1.165, 1.54) is 11.8 Å². The minimum absolute atomic E-state index is 0.0460. The number of carboxylic acid groups (broad SMARTS) is 3. The van der Waals surface area contributed by atoms with Crippen molar-refractivity contribution >= 4 is 41.1 Å². The number of alkyl halides is 3. The molecule has 1 aliphatic heterocycles. The zero-order valence-corrected chi connectivity index (χ0v) is 18.0. The fraction of sp³-hybridized carbons (Fsp3) is 0.450. The summed E-state index contributed by atoms with van der Waals surface area (Å²) in [4.78, 5) is 58.6. The molecule has 1 heterocycles. The summed E-state index contributed by atoms with van der Waals surface area (Å²) in [5, 5.41) is 28.6. The first-order valence-electron chi connectivity index (χ1n) is 9.69. The number of rotatable bonds is 6. The van der Waals surface area contributed by atoms with Gasteiger partial charge in [-0.2, -0.15) is 13.2 Å². The largest absolute Gasteiger partial charge is 0.490 e. The number of piperidine rings is 1. The second-order valence-corrected chi connectivity index (χ2v) is 8.07. The molecule has 0 bridgehead atoms. The minimum Gasteiger partial charge on any atom is -0.481 e. The van der Waals surface area contributed by atoms with Crippen LogP contribution in [-0.2, 0) is 24.0 Å². The van der Waals surface area contributed by atoms with E-state index in [1.54, 1.807) is 36.2 Å². The van der Waals surface area contributed by atoms with Gasteiger partial charge in [-0.3, -0.25) is 24.1 Å². The molecule has 0 spiro atoms. The lowest BCUT2D eigenvalue weighted by atomic mass is 9.97. The molecule has 3 rings (SSSR count).